The van der Waals surface area contributed by atoms with Crippen molar-refractivity contribution < 1.29 is 13.2 Å². The van der Waals surface area contributed by atoms with Crippen molar-refractivity contribution in [2.45, 2.75) is 75.1 Å². The average molecular weight is 391 g/mol. The van der Waals surface area contributed by atoms with Crippen LogP contribution in [0.4, 0.5) is 0 Å². The zero-order valence-corrected chi connectivity index (χ0v) is 16.7. The van der Waals surface area contributed by atoms with Gasteiger partial charge in [-0.3, -0.25) is 4.79 Å². The van der Waals surface area contributed by atoms with E-state index in [2.05, 4.69) is 16.1 Å². The first-order valence-corrected chi connectivity index (χ1v) is 11.6. The Balaban J connectivity index is 1.59. The fourth-order valence-corrected chi connectivity index (χ4v) is 4.96. The first kappa shape index (κ1) is 20.1. The molecule has 1 fully saturated rings. The monoisotopic (exact) mass is 390 g/mol. The molecule has 1 saturated carbocycles. The van der Waals surface area contributed by atoms with Crippen LogP contribution < -0.4 is 10.0 Å². The summed E-state index contributed by atoms with van der Waals surface area (Å²) < 4.78 is 27.8. The third-order valence-electron chi connectivity index (χ3n) is 5.47. The lowest BCUT2D eigenvalue weighted by Gasteiger charge is -2.22. The summed E-state index contributed by atoms with van der Waals surface area (Å²) in [7, 11) is -3.61. The van der Waals surface area contributed by atoms with Crippen LogP contribution in [0, 0.1) is 0 Å². The van der Waals surface area contributed by atoms with Crippen molar-refractivity contribution >= 4 is 15.9 Å². The number of sulfonamides is 1. The van der Waals surface area contributed by atoms with Crippen molar-refractivity contribution in [2.75, 3.05) is 6.54 Å². The maximum Gasteiger partial charge on any atom is 0.251 e. The Bertz CT molecular complexity index is 780. The van der Waals surface area contributed by atoms with Crippen molar-refractivity contribution in [3.8, 4) is 0 Å². The van der Waals surface area contributed by atoms with E-state index in [1.807, 2.05) is 0 Å². The summed E-state index contributed by atoms with van der Waals surface area (Å²) in [5, 5.41) is 3.04. The Morgan fingerprint density at radius 1 is 1.07 bits per heavy atom. The van der Waals surface area contributed by atoms with Gasteiger partial charge in [-0.25, -0.2) is 13.1 Å². The van der Waals surface area contributed by atoms with Gasteiger partial charge in [-0.05, 0) is 63.1 Å². The fraction of sp³-hybridized carbons (Fsp3) is 0.571. The van der Waals surface area contributed by atoms with E-state index < -0.39 is 10.0 Å². The van der Waals surface area contributed by atoms with E-state index in [-0.39, 0.29) is 16.8 Å². The van der Waals surface area contributed by atoms with Crippen LogP contribution in [-0.4, -0.2) is 26.9 Å². The predicted octanol–water partition coefficient (Wildman–Crippen LogP) is 3.92. The van der Waals surface area contributed by atoms with Gasteiger partial charge < -0.3 is 5.32 Å². The molecule has 0 aromatic heterocycles. The molecule has 0 heterocycles. The van der Waals surface area contributed by atoms with Gasteiger partial charge in [0.15, 0.2) is 0 Å². The summed E-state index contributed by atoms with van der Waals surface area (Å²) in [4.78, 5) is 12.6. The average Bonchev–Trinajstić information content (AvgIpc) is 2.69. The Hall–Kier alpha value is -1.66. The van der Waals surface area contributed by atoms with Gasteiger partial charge >= 0.3 is 0 Å². The molecule has 1 amide bonds. The van der Waals surface area contributed by atoms with Gasteiger partial charge in [0.1, 0.15) is 0 Å². The van der Waals surface area contributed by atoms with Crippen molar-refractivity contribution in [3.63, 3.8) is 0 Å². The molecule has 0 unspecified atom stereocenters. The maximum atomic E-state index is 12.6. The summed E-state index contributed by atoms with van der Waals surface area (Å²) in [6.45, 7) is 0.396. The summed E-state index contributed by atoms with van der Waals surface area (Å²) in [6, 6.07) is 6.52. The molecular formula is C21H30N2O3S. The standard InChI is InChI=1S/C21H30N2O3S/c24-21(23-19-11-5-2-6-12-19)18-10-7-13-20(16-18)27(25,26)22-15-14-17-8-3-1-4-9-17/h7-8,10,13,16,19,22H,1-6,9,11-12,14-15H2,(H,23,24). The largest absolute Gasteiger partial charge is 0.349 e. The minimum absolute atomic E-state index is 0.149. The van der Waals surface area contributed by atoms with Crippen LogP contribution in [0.15, 0.2) is 40.8 Å². The van der Waals surface area contributed by atoms with Crippen LogP contribution in [-0.2, 0) is 10.0 Å². The summed E-state index contributed by atoms with van der Waals surface area (Å²) >= 11 is 0. The molecular weight excluding hydrogens is 360 g/mol. The van der Waals surface area contributed by atoms with E-state index in [1.54, 1.807) is 18.2 Å². The molecule has 3 rings (SSSR count). The van der Waals surface area contributed by atoms with Crippen molar-refractivity contribution in [1.29, 1.82) is 0 Å². The minimum Gasteiger partial charge on any atom is -0.349 e. The van der Waals surface area contributed by atoms with Crippen LogP contribution in [0.5, 0.6) is 0 Å². The normalized spacial score (nSPS) is 18.7. The number of hydrogen-bond acceptors (Lipinski definition) is 3. The topological polar surface area (TPSA) is 75.3 Å². The van der Waals surface area contributed by atoms with Crippen LogP contribution in [0.1, 0.15) is 74.6 Å². The smallest absolute Gasteiger partial charge is 0.251 e. The number of rotatable bonds is 7. The summed E-state index contributed by atoms with van der Waals surface area (Å²) in [5.41, 5.74) is 1.74. The fourth-order valence-electron chi connectivity index (χ4n) is 3.88. The molecule has 2 N–H and O–H groups in total. The van der Waals surface area contributed by atoms with Gasteiger partial charge in [-0.15, -0.1) is 0 Å². The second-order valence-electron chi connectivity index (χ2n) is 7.59. The number of carbonyl (C=O) groups is 1. The van der Waals surface area contributed by atoms with Gasteiger partial charge in [-0.2, -0.15) is 0 Å². The first-order chi connectivity index (χ1) is 13.0. The van der Waals surface area contributed by atoms with Crippen LogP contribution >= 0.6 is 0 Å². The number of hydrogen-bond donors (Lipinski definition) is 2. The van der Waals surface area contributed by atoms with Crippen molar-refractivity contribution in [2.24, 2.45) is 0 Å². The predicted molar refractivity (Wildman–Crippen MR) is 107 cm³/mol. The van der Waals surface area contributed by atoms with E-state index in [0.29, 0.717) is 12.1 Å². The lowest BCUT2D eigenvalue weighted by Crippen LogP contribution is -2.36. The summed E-state index contributed by atoms with van der Waals surface area (Å²) in [6.07, 6.45) is 13.1. The van der Waals surface area contributed by atoms with E-state index in [1.165, 1.54) is 30.9 Å². The molecule has 27 heavy (non-hydrogen) atoms. The third-order valence-corrected chi connectivity index (χ3v) is 6.93. The molecule has 5 nitrogen and oxygen atoms in total. The van der Waals surface area contributed by atoms with Crippen LogP contribution in [0.3, 0.4) is 0 Å². The molecule has 2 aliphatic rings. The molecule has 1 aromatic carbocycles. The lowest BCUT2D eigenvalue weighted by atomic mass is 9.95. The minimum atomic E-state index is -3.61. The second kappa shape index (κ2) is 9.51. The molecule has 0 spiro atoms. The van der Waals surface area contributed by atoms with Gasteiger partial charge in [0.05, 0.1) is 4.90 Å². The maximum absolute atomic E-state index is 12.6. The first-order valence-electron chi connectivity index (χ1n) is 10.1. The number of benzene rings is 1. The van der Waals surface area contributed by atoms with Crippen molar-refractivity contribution in [3.05, 3.63) is 41.5 Å². The SMILES string of the molecule is O=C(NC1CCCCC1)c1cccc(S(=O)(=O)NCCC2=CCCCC2)c1. The molecule has 0 bridgehead atoms. The van der Waals surface area contributed by atoms with Crippen molar-refractivity contribution in [1.82, 2.24) is 10.0 Å². The lowest BCUT2D eigenvalue weighted by molar-refractivity contribution is 0.0927. The summed E-state index contributed by atoms with van der Waals surface area (Å²) in [5.74, 6) is -0.189. The number of allylic oxidation sites excluding steroid dienone is 1. The third kappa shape index (κ3) is 5.91. The molecule has 0 radical (unpaired) electrons. The number of amides is 1. The molecule has 2 aliphatic carbocycles. The number of carbonyl (C=O) groups excluding carboxylic acids is 1. The zero-order chi connectivity index (χ0) is 19.1. The second-order valence-corrected chi connectivity index (χ2v) is 9.36. The van der Waals surface area contributed by atoms with Crippen LogP contribution in [0.25, 0.3) is 0 Å². The van der Waals surface area contributed by atoms with Crippen LogP contribution in [0.2, 0.25) is 0 Å². The zero-order valence-electron chi connectivity index (χ0n) is 15.9. The quantitative estimate of drug-likeness (QED) is 0.693. The van der Waals surface area contributed by atoms with E-state index in [4.69, 9.17) is 0 Å². The van der Waals surface area contributed by atoms with E-state index in [9.17, 15) is 13.2 Å². The molecule has 0 saturated heterocycles. The molecule has 0 atom stereocenters. The van der Waals surface area contributed by atoms with Gasteiger partial charge in [0.2, 0.25) is 10.0 Å². The van der Waals surface area contributed by atoms with E-state index >= 15 is 0 Å². The molecule has 148 valence electrons. The highest BCUT2D eigenvalue weighted by molar-refractivity contribution is 7.89. The Morgan fingerprint density at radius 2 is 1.89 bits per heavy atom. The highest BCUT2D eigenvalue weighted by Gasteiger charge is 2.19. The van der Waals surface area contributed by atoms with Gasteiger partial charge in [-0.1, -0.05) is 37.0 Å². The molecule has 6 heteroatoms. The Labute approximate surface area is 162 Å². The highest BCUT2D eigenvalue weighted by atomic mass is 32.2. The molecule has 0 aliphatic heterocycles. The molecule has 1 aromatic rings. The Kier molecular flexibility index (Phi) is 7.07. The Morgan fingerprint density at radius 3 is 2.63 bits per heavy atom. The van der Waals surface area contributed by atoms with Gasteiger partial charge in [0, 0.05) is 18.2 Å². The van der Waals surface area contributed by atoms with E-state index in [0.717, 1.165) is 44.9 Å². The van der Waals surface area contributed by atoms with Gasteiger partial charge in [0.25, 0.3) is 5.91 Å². The number of nitrogens with one attached hydrogen (secondary N) is 2. The highest BCUT2D eigenvalue weighted by Crippen LogP contribution is 2.20.